The number of carbonyl (C=O) groups is 1. The van der Waals surface area contributed by atoms with Crippen LogP contribution in [0.4, 0.5) is 16.0 Å². The normalized spacial score (nSPS) is 20.3. The number of hydrogen-bond donors (Lipinski definition) is 2. The van der Waals surface area contributed by atoms with Crippen molar-refractivity contribution in [3.63, 3.8) is 0 Å². The molecule has 0 aliphatic carbocycles. The second-order valence-electron chi connectivity index (χ2n) is 15.4. The van der Waals surface area contributed by atoms with Crippen molar-refractivity contribution in [1.29, 1.82) is 5.26 Å². The number of rotatable bonds is 5. The van der Waals surface area contributed by atoms with Crippen molar-refractivity contribution in [3.8, 4) is 6.07 Å². The number of para-hydroxylation sites is 1. The van der Waals surface area contributed by atoms with Crippen LogP contribution in [-0.2, 0) is 5.54 Å². The quantitative estimate of drug-likeness (QED) is 0.229. The van der Waals surface area contributed by atoms with Crippen molar-refractivity contribution in [3.05, 3.63) is 106 Å². The molecular formula is C42H46FN9O2. The molecule has 7 heterocycles. The Bertz CT molecular complexity index is 2270. The van der Waals surface area contributed by atoms with Crippen molar-refractivity contribution < 1.29 is 9.18 Å². The third kappa shape index (κ3) is 7.13. The fraction of sp³-hybridized carbons (Fsp3) is 0.405. The number of halogens is 1. The number of nitriles is 1. The fourth-order valence-electron chi connectivity index (χ4n) is 8.52. The summed E-state index contributed by atoms with van der Waals surface area (Å²) < 4.78 is 15.0. The Hall–Kier alpha value is -5.38. The molecule has 2 atom stereocenters. The van der Waals surface area contributed by atoms with E-state index in [-0.39, 0.29) is 16.4 Å². The lowest BCUT2D eigenvalue weighted by Gasteiger charge is -2.38. The molecule has 5 aromatic rings. The lowest BCUT2D eigenvalue weighted by atomic mass is 9.95. The fourth-order valence-corrected chi connectivity index (χ4v) is 8.52. The number of anilines is 2. The van der Waals surface area contributed by atoms with Crippen LogP contribution in [0.2, 0.25) is 0 Å². The largest absolute Gasteiger partial charge is 0.354 e. The molecule has 2 N–H and O–H groups in total. The topological polar surface area (TPSA) is 124 Å². The maximum Gasteiger partial charge on any atom is 0.255 e. The smallest absolute Gasteiger partial charge is 0.255 e. The van der Waals surface area contributed by atoms with Crippen LogP contribution in [0.5, 0.6) is 0 Å². The average Bonchev–Trinajstić information content (AvgIpc) is 3.88. The van der Waals surface area contributed by atoms with Gasteiger partial charge >= 0.3 is 0 Å². The first-order chi connectivity index (χ1) is 26.2. The van der Waals surface area contributed by atoms with Gasteiger partial charge in [-0.05, 0) is 101 Å². The number of H-pyrrole nitrogens is 1. The lowest BCUT2D eigenvalue weighted by Crippen LogP contribution is -2.50. The Labute approximate surface area is 314 Å². The van der Waals surface area contributed by atoms with Crippen LogP contribution in [-0.4, -0.2) is 95.1 Å². The molecule has 4 saturated heterocycles. The van der Waals surface area contributed by atoms with Gasteiger partial charge in [0.2, 0.25) is 0 Å². The highest BCUT2D eigenvalue weighted by Gasteiger charge is 2.33. The van der Waals surface area contributed by atoms with Gasteiger partial charge < -0.3 is 20.1 Å². The van der Waals surface area contributed by atoms with Crippen LogP contribution in [0.1, 0.15) is 61.0 Å². The van der Waals surface area contributed by atoms with E-state index in [4.69, 9.17) is 10.2 Å². The Morgan fingerprint density at radius 3 is 2.09 bits per heavy atom. The third-order valence-corrected chi connectivity index (χ3v) is 11.6. The number of benzene rings is 2. The molecule has 12 heteroatoms. The van der Waals surface area contributed by atoms with Crippen LogP contribution in [0.3, 0.4) is 0 Å². The SMILES string of the molecule is CC(C)(NC(=O)c1cc2[nH]c3ccccc3c(=O)c2cc1F)c1ccc(N2CCN3CCC[C@H]3C2)nc1.N#Cc1ccc(N2CCN3CCC[C@H]3C2)nc1. The van der Waals surface area contributed by atoms with E-state index in [0.29, 0.717) is 34.1 Å². The van der Waals surface area contributed by atoms with Crippen LogP contribution >= 0.6 is 0 Å². The zero-order valence-corrected chi connectivity index (χ0v) is 30.9. The molecule has 0 spiro atoms. The number of amides is 1. The Morgan fingerprint density at radius 2 is 1.48 bits per heavy atom. The second-order valence-corrected chi connectivity index (χ2v) is 15.4. The van der Waals surface area contributed by atoms with Crippen molar-refractivity contribution in [2.24, 2.45) is 0 Å². The summed E-state index contributed by atoms with van der Waals surface area (Å²) in [4.78, 5) is 48.1. The first kappa shape index (κ1) is 35.6. The van der Waals surface area contributed by atoms with Crippen LogP contribution in [0, 0.1) is 17.1 Å². The Kier molecular flexibility index (Phi) is 9.77. The van der Waals surface area contributed by atoms with E-state index in [1.165, 1.54) is 44.8 Å². The minimum atomic E-state index is -0.787. The van der Waals surface area contributed by atoms with Gasteiger partial charge in [0.1, 0.15) is 23.5 Å². The third-order valence-electron chi connectivity index (χ3n) is 11.6. The molecule has 0 saturated carbocycles. The van der Waals surface area contributed by atoms with Crippen LogP contribution in [0.15, 0.2) is 77.9 Å². The Balaban J connectivity index is 0.000000202. The summed E-state index contributed by atoms with van der Waals surface area (Å²) in [5, 5.41) is 12.4. The first-order valence-electron chi connectivity index (χ1n) is 19.0. The van der Waals surface area contributed by atoms with E-state index < -0.39 is 17.3 Å². The van der Waals surface area contributed by atoms with Crippen molar-refractivity contribution in [2.45, 2.75) is 57.2 Å². The second kappa shape index (κ2) is 14.8. The highest BCUT2D eigenvalue weighted by Crippen LogP contribution is 2.28. The molecule has 2 aromatic carbocycles. The summed E-state index contributed by atoms with van der Waals surface area (Å²) in [5.74, 6) is 0.658. The summed E-state index contributed by atoms with van der Waals surface area (Å²) in [6.07, 6.45) is 8.60. The van der Waals surface area contributed by atoms with Gasteiger partial charge in [-0.25, -0.2) is 14.4 Å². The number of piperazine rings is 2. The number of hydrogen-bond acceptors (Lipinski definition) is 9. The molecule has 0 bridgehead atoms. The predicted octanol–water partition coefficient (Wildman–Crippen LogP) is 5.40. The minimum Gasteiger partial charge on any atom is -0.354 e. The maximum absolute atomic E-state index is 15.0. The highest BCUT2D eigenvalue weighted by atomic mass is 19.1. The van der Waals surface area contributed by atoms with Crippen LogP contribution in [0.25, 0.3) is 21.8 Å². The zero-order chi connectivity index (χ0) is 37.4. The predicted molar refractivity (Wildman–Crippen MR) is 209 cm³/mol. The number of nitrogens with zero attached hydrogens (tertiary/aromatic N) is 7. The molecule has 4 fully saturated rings. The lowest BCUT2D eigenvalue weighted by molar-refractivity contribution is 0.0908. The summed E-state index contributed by atoms with van der Waals surface area (Å²) in [6.45, 7) is 12.5. The molecule has 3 aromatic heterocycles. The number of aromatic amines is 1. The monoisotopic (exact) mass is 727 g/mol. The summed E-state index contributed by atoms with van der Waals surface area (Å²) >= 11 is 0. The van der Waals surface area contributed by atoms with Crippen molar-refractivity contribution in [1.82, 2.24) is 30.1 Å². The van der Waals surface area contributed by atoms with Gasteiger partial charge in [-0.2, -0.15) is 5.26 Å². The van der Waals surface area contributed by atoms with Crippen molar-refractivity contribution in [2.75, 3.05) is 62.2 Å². The molecule has 0 radical (unpaired) electrons. The molecule has 0 unspecified atom stereocenters. The van der Waals surface area contributed by atoms with Gasteiger partial charge in [0.25, 0.3) is 5.91 Å². The average molecular weight is 728 g/mol. The molecule has 278 valence electrons. The molecule has 4 aliphatic heterocycles. The molecule has 4 aliphatic rings. The Morgan fingerprint density at radius 1 is 0.833 bits per heavy atom. The molecule has 9 rings (SSSR count). The highest BCUT2D eigenvalue weighted by molar-refractivity contribution is 6.00. The maximum atomic E-state index is 15.0. The first-order valence-corrected chi connectivity index (χ1v) is 19.0. The summed E-state index contributed by atoms with van der Waals surface area (Å²) in [6, 6.07) is 20.8. The number of fused-ring (bicyclic) bond motifs is 4. The molecular weight excluding hydrogens is 682 g/mol. The van der Waals surface area contributed by atoms with Gasteiger partial charge in [-0.3, -0.25) is 19.4 Å². The molecule has 11 nitrogen and oxygen atoms in total. The zero-order valence-electron chi connectivity index (χ0n) is 30.9. The van der Waals surface area contributed by atoms with E-state index in [1.54, 1.807) is 30.6 Å². The van der Waals surface area contributed by atoms with Gasteiger partial charge in [0.05, 0.1) is 22.2 Å². The van der Waals surface area contributed by atoms with Crippen molar-refractivity contribution >= 4 is 39.3 Å². The number of carbonyl (C=O) groups excluding carboxylic acids is 1. The number of pyridine rings is 3. The molecule has 54 heavy (non-hydrogen) atoms. The number of nitrogens with one attached hydrogen (secondary N) is 2. The van der Waals surface area contributed by atoms with Gasteiger partial charge in [-0.15, -0.1) is 0 Å². The van der Waals surface area contributed by atoms with E-state index in [2.05, 4.69) is 41.0 Å². The molecule has 1 amide bonds. The van der Waals surface area contributed by atoms with Gasteiger partial charge in [0, 0.05) is 80.0 Å². The van der Waals surface area contributed by atoms with Gasteiger partial charge in [0.15, 0.2) is 5.43 Å². The van der Waals surface area contributed by atoms with E-state index in [9.17, 15) is 9.59 Å². The van der Waals surface area contributed by atoms with Gasteiger partial charge in [-0.1, -0.05) is 18.2 Å². The number of aromatic nitrogens is 3. The van der Waals surface area contributed by atoms with E-state index >= 15 is 4.39 Å². The summed E-state index contributed by atoms with van der Waals surface area (Å²) in [7, 11) is 0. The van der Waals surface area contributed by atoms with E-state index in [1.807, 2.05) is 44.2 Å². The van der Waals surface area contributed by atoms with E-state index in [0.717, 1.165) is 62.5 Å². The van der Waals surface area contributed by atoms with Crippen LogP contribution < -0.4 is 20.5 Å². The minimum absolute atomic E-state index is 0.120. The summed E-state index contributed by atoms with van der Waals surface area (Å²) in [5.41, 5.74) is 1.34. The standard InChI is InChI=1S/C29H30FN5O2.C13H16N4/c1-29(2,18-9-10-26(31-16-18)35-13-12-34-11-5-6-19(34)17-35)33-28(37)21-15-25-22(14-23(21)30)27(36)20-7-3-4-8-24(20)32-25;14-8-11-3-4-13(15-9-11)17-7-6-16-5-1-2-12(16)10-17/h3-4,7-10,14-16,19H,5-6,11-13,17H2,1-2H3,(H,32,36)(H,33,37);3-4,9,12H,1-2,5-7,10H2/t19-;12-/m00/s1.